The van der Waals surface area contributed by atoms with Crippen LogP contribution in [-0.2, 0) is 6.54 Å². The Balaban J connectivity index is 1.30. The van der Waals surface area contributed by atoms with Crippen LogP contribution in [0.3, 0.4) is 0 Å². The van der Waals surface area contributed by atoms with E-state index < -0.39 is 0 Å². The normalized spacial score (nSPS) is 20.9. The van der Waals surface area contributed by atoms with Gasteiger partial charge in [0.1, 0.15) is 0 Å². The molecule has 0 spiro atoms. The summed E-state index contributed by atoms with van der Waals surface area (Å²) in [6, 6.07) is 7.44. The summed E-state index contributed by atoms with van der Waals surface area (Å²) in [6.45, 7) is 6.27. The molecular formula is C20H27ClN6O. The molecule has 0 aliphatic carbocycles. The van der Waals surface area contributed by atoms with Crippen molar-refractivity contribution in [2.45, 2.75) is 25.8 Å². The molecule has 150 valence electrons. The summed E-state index contributed by atoms with van der Waals surface area (Å²) in [5.41, 5.74) is 0.844. The quantitative estimate of drug-likeness (QED) is 0.612. The minimum Gasteiger partial charge on any atom is -0.347 e. The van der Waals surface area contributed by atoms with E-state index in [2.05, 4.69) is 30.2 Å². The number of nitrogens with one attached hydrogen (secondary N) is 1. The Morgan fingerprint density at radius 1 is 1.32 bits per heavy atom. The third-order valence-corrected chi connectivity index (χ3v) is 5.70. The Labute approximate surface area is 170 Å². The van der Waals surface area contributed by atoms with E-state index >= 15 is 0 Å². The van der Waals surface area contributed by atoms with Gasteiger partial charge in [-0.05, 0) is 50.4 Å². The van der Waals surface area contributed by atoms with E-state index in [9.17, 15) is 0 Å². The van der Waals surface area contributed by atoms with Crippen molar-refractivity contribution in [2.75, 3.05) is 39.8 Å². The molecule has 2 fully saturated rings. The minimum absolute atomic E-state index is 0.452. The molecule has 1 N–H and O–H groups in total. The van der Waals surface area contributed by atoms with Crippen molar-refractivity contribution in [3.63, 3.8) is 0 Å². The zero-order chi connectivity index (χ0) is 19.3. The molecule has 8 heteroatoms. The average molecular weight is 403 g/mol. The third kappa shape index (κ3) is 4.64. The molecule has 1 unspecified atom stereocenters. The van der Waals surface area contributed by atoms with Gasteiger partial charge >= 0.3 is 0 Å². The molecule has 2 aliphatic rings. The number of aliphatic imine (C=N–C) groups is 1. The monoisotopic (exact) mass is 402 g/mol. The fraction of sp³-hybridized carbons (Fsp3) is 0.550. The first-order valence-corrected chi connectivity index (χ1v) is 10.4. The highest BCUT2D eigenvalue weighted by molar-refractivity contribution is 6.30. The van der Waals surface area contributed by atoms with Crippen LogP contribution < -0.4 is 5.32 Å². The molecule has 2 aliphatic heterocycles. The second-order valence-corrected chi connectivity index (χ2v) is 7.97. The van der Waals surface area contributed by atoms with Gasteiger partial charge in [0.05, 0.1) is 6.54 Å². The van der Waals surface area contributed by atoms with E-state index in [4.69, 9.17) is 16.1 Å². The lowest BCUT2D eigenvalue weighted by Crippen LogP contribution is -2.40. The molecule has 2 saturated heterocycles. The lowest BCUT2D eigenvalue weighted by molar-refractivity contribution is 0.281. The van der Waals surface area contributed by atoms with Crippen LogP contribution in [0.2, 0.25) is 5.02 Å². The Morgan fingerprint density at radius 3 is 2.96 bits per heavy atom. The Hall–Kier alpha value is -2.12. The van der Waals surface area contributed by atoms with E-state index in [1.54, 1.807) is 0 Å². The first-order valence-electron chi connectivity index (χ1n) is 9.98. The maximum Gasteiger partial charge on any atom is 0.246 e. The summed E-state index contributed by atoms with van der Waals surface area (Å²) in [5.74, 6) is 2.69. The van der Waals surface area contributed by atoms with Gasteiger partial charge in [-0.1, -0.05) is 28.9 Å². The van der Waals surface area contributed by atoms with Gasteiger partial charge in [0.25, 0.3) is 0 Å². The minimum atomic E-state index is 0.452. The fourth-order valence-corrected chi connectivity index (χ4v) is 4.25. The molecule has 7 nitrogen and oxygen atoms in total. The van der Waals surface area contributed by atoms with Crippen LogP contribution in [0.1, 0.15) is 25.2 Å². The maximum atomic E-state index is 6.04. The van der Waals surface area contributed by atoms with Crippen molar-refractivity contribution in [1.29, 1.82) is 0 Å². The average Bonchev–Trinajstić information content (AvgIpc) is 3.45. The molecule has 3 heterocycles. The summed E-state index contributed by atoms with van der Waals surface area (Å²) >= 11 is 6.04. The van der Waals surface area contributed by atoms with Gasteiger partial charge in [-0.3, -0.25) is 4.99 Å². The molecule has 0 bridgehead atoms. The molecule has 0 amide bonds. The van der Waals surface area contributed by atoms with Gasteiger partial charge in [-0.2, -0.15) is 4.98 Å². The van der Waals surface area contributed by atoms with Gasteiger partial charge in [-0.15, -0.1) is 0 Å². The van der Waals surface area contributed by atoms with Crippen LogP contribution in [0.25, 0.3) is 11.4 Å². The van der Waals surface area contributed by atoms with Gasteiger partial charge < -0.3 is 19.6 Å². The van der Waals surface area contributed by atoms with Crippen molar-refractivity contribution < 1.29 is 4.52 Å². The predicted octanol–water partition coefficient (Wildman–Crippen LogP) is 2.88. The van der Waals surface area contributed by atoms with E-state index in [-0.39, 0.29) is 0 Å². The number of aromatic nitrogens is 2. The topological polar surface area (TPSA) is 69.8 Å². The maximum absolute atomic E-state index is 6.04. The van der Waals surface area contributed by atoms with Crippen molar-refractivity contribution in [3.05, 3.63) is 35.2 Å². The first kappa shape index (κ1) is 19.2. The van der Waals surface area contributed by atoms with Gasteiger partial charge in [0.2, 0.25) is 11.7 Å². The first-order chi connectivity index (χ1) is 13.7. The van der Waals surface area contributed by atoms with Crippen LogP contribution in [0.4, 0.5) is 0 Å². The summed E-state index contributed by atoms with van der Waals surface area (Å²) in [6.07, 6.45) is 3.92. The van der Waals surface area contributed by atoms with Crippen molar-refractivity contribution in [3.8, 4) is 11.4 Å². The number of likely N-dealkylation sites (tertiary alicyclic amines) is 2. The van der Waals surface area contributed by atoms with E-state index in [1.807, 2.05) is 31.3 Å². The van der Waals surface area contributed by atoms with Crippen LogP contribution in [-0.4, -0.2) is 65.7 Å². The number of nitrogens with zero attached hydrogens (tertiary/aromatic N) is 5. The van der Waals surface area contributed by atoms with Gasteiger partial charge in [0.15, 0.2) is 5.96 Å². The summed E-state index contributed by atoms with van der Waals surface area (Å²) in [4.78, 5) is 13.8. The molecule has 2 aromatic rings. The highest BCUT2D eigenvalue weighted by atomic mass is 35.5. The Morgan fingerprint density at radius 2 is 2.18 bits per heavy atom. The predicted molar refractivity (Wildman–Crippen MR) is 110 cm³/mol. The zero-order valence-corrected chi connectivity index (χ0v) is 17.0. The smallest absolute Gasteiger partial charge is 0.246 e. The number of rotatable bonds is 5. The highest BCUT2D eigenvalue weighted by Crippen LogP contribution is 2.21. The van der Waals surface area contributed by atoms with Crippen molar-refractivity contribution in [2.24, 2.45) is 10.9 Å². The van der Waals surface area contributed by atoms with Crippen LogP contribution in [0.5, 0.6) is 0 Å². The van der Waals surface area contributed by atoms with Crippen LogP contribution >= 0.6 is 11.6 Å². The molecule has 0 saturated carbocycles. The third-order valence-electron chi connectivity index (χ3n) is 5.46. The molecule has 1 aromatic carbocycles. The second kappa shape index (κ2) is 8.92. The molecule has 28 heavy (non-hydrogen) atoms. The van der Waals surface area contributed by atoms with Crippen LogP contribution in [0, 0.1) is 5.92 Å². The summed E-state index contributed by atoms with van der Waals surface area (Å²) in [7, 11) is 1.82. The standard InChI is InChI=1S/C20H27ClN6O/c1-22-20(27-10-7-15(14-27)13-26-8-2-3-9-26)23-12-18-24-19(25-28-18)16-5-4-6-17(21)11-16/h4-6,11,15H,2-3,7-10,12-14H2,1H3,(H,22,23). The molecule has 1 aromatic heterocycles. The molecule has 4 rings (SSSR count). The summed E-state index contributed by atoms with van der Waals surface area (Å²) in [5, 5.41) is 8.07. The molecule has 1 atom stereocenters. The Bertz CT molecular complexity index is 817. The molecule has 0 radical (unpaired) electrons. The van der Waals surface area contributed by atoms with Gasteiger partial charge in [0, 0.05) is 37.3 Å². The lowest BCUT2D eigenvalue weighted by Gasteiger charge is -2.23. The number of hydrogen-bond acceptors (Lipinski definition) is 5. The van der Waals surface area contributed by atoms with Gasteiger partial charge in [-0.25, -0.2) is 0 Å². The number of hydrogen-bond donors (Lipinski definition) is 1. The largest absolute Gasteiger partial charge is 0.347 e. The molecular weight excluding hydrogens is 376 g/mol. The summed E-state index contributed by atoms with van der Waals surface area (Å²) < 4.78 is 5.38. The SMILES string of the molecule is CN=C(NCc1nc(-c2cccc(Cl)c2)no1)N1CCC(CN2CCCC2)C1. The lowest BCUT2D eigenvalue weighted by atomic mass is 10.1. The van der Waals surface area contributed by atoms with E-state index in [0.29, 0.717) is 23.3 Å². The fourth-order valence-electron chi connectivity index (χ4n) is 4.06. The van der Waals surface area contributed by atoms with Crippen molar-refractivity contribution >= 4 is 17.6 Å². The Kier molecular flexibility index (Phi) is 6.12. The second-order valence-electron chi connectivity index (χ2n) is 7.53. The zero-order valence-electron chi connectivity index (χ0n) is 16.3. The number of benzene rings is 1. The number of halogens is 1. The van der Waals surface area contributed by atoms with E-state index in [1.165, 1.54) is 38.9 Å². The van der Waals surface area contributed by atoms with Crippen molar-refractivity contribution in [1.82, 2.24) is 25.3 Å². The van der Waals surface area contributed by atoms with Crippen LogP contribution in [0.15, 0.2) is 33.8 Å². The van der Waals surface area contributed by atoms with E-state index in [0.717, 1.165) is 30.5 Å². The number of guanidine groups is 1. The highest BCUT2D eigenvalue weighted by Gasteiger charge is 2.27.